The van der Waals surface area contributed by atoms with Gasteiger partial charge in [-0.2, -0.15) is 0 Å². The molecule has 0 saturated heterocycles. The van der Waals surface area contributed by atoms with Crippen molar-refractivity contribution in [2.45, 2.75) is 6.61 Å². The van der Waals surface area contributed by atoms with Gasteiger partial charge in [-0.15, -0.1) is 0 Å². The van der Waals surface area contributed by atoms with Crippen molar-refractivity contribution in [2.24, 2.45) is 0 Å². The number of ether oxygens (including phenoxy) is 2. The highest BCUT2D eigenvalue weighted by atomic mass is 16.5. The van der Waals surface area contributed by atoms with Gasteiger partial charge < -0.3 is 14.6 Å². The van der Waals surface area contributed by atoms with Crippen LogP contribution in [0.25, 0.3) is 33.3 Å². The number of hydrogen-bond acceptors (Lipinski definition) is 7. The molecule has 2 aromatic heterocycles. The Morgan fingerprint density at radius 1 is 1.00 bits per heavy atom. The molecule has 2 aromatic carbocycles. The zero-order valence-corrected chi connectivity index (χ0v) is 18.0. The van der Waals surface area contributed by atoms with Crippen molar-refractivity contribution in [3.05, 3.63) is 78.1 Å². The summed E-state index contributed by atoms with van der Waals surface area (Å²) < 4.78 is 10.9. The van der Waals surface area contributed by atoms with E-state index in [0.717, 1.165) is 22.3 Å². The number of pyridine rings is 2. The van der Waals surface area contributed by atoms with Gasteiger partial charge in [0.25, 0.3) is 5.91 Å². The number of hydrogen-bond donors (Lipinski definition) is 3. The number of benzene rings is 2. The van der Waals surface area contributed by atoms with E-state index in [9.17, 15) is 10.0 Å². The molecule has 0 spiro atoms. The first-order valence-corrected chi connectivity index (χ1v) is 10.3. The van der Waals surface area contributed by atoms with E-state index >= 15 is 0 Å². The van der Waals surface area contributed by atoms with Crippen LogP contribution in [0.5, 0.6) is 5.75 Å². The van der Waals surface area contributed by atoms with Crippen LogP contribution in [0.4, 0.5) is 0 Å². The lowest BCUT2D eigenvalue weighted by atomic mass is 9.99. The number of fused-ring (bicyclic) bond motifs is 1. The van der Waals surface area contributed by atoms with Crippen molar-refractivity contribution >= 4 is 16.8 Å². The number of methoxy groups -OCH3 is 1. The lowest BCUT2D eigenvalue weighted by molar-refractivity contribution is 0.0705. The molecule has 8 nitrogen and oxygen atoms in total. The molecule has 0 fully saturated rings. The Bertz CT molecular complexity index is 1260. The molecule has 8 heteroatoms. The molecule has 0 unspecified atom stereocenters. The van der Waals surface area contributed by atoms with Crippen LogP contribution in [0, 0.1) is 0 Å². The van der Waals surface area contributed by atoms with E-state index in [1.807, 2.05) is 48.5 Å². The predicted octanol–water partition coefficient (Wildman–Crippen LogP) is 3.60. The number of amides is 1. The Labute approximate surface area is 190 Å². The fourth-order valence-electron chi connectivity index (χ4n) is 3.63. The third kappa shape index (κ3) is 4.68. The molecule has 4 aromatic rings. The van der Waals surface area contributed by atoms with Gasteiger partial charge in [0.05, 0.1) is 38.0 Å². The number of nitrogens with one attached hydrogen (secondary N) is 1. The molecule has 0 aliphatic heterocycles. The standard InChI is InChI=1S/C25H23N3O5/c1-32-24-22(25(30)28-31)20-14-26-11-10-21(20)27-23(24)19-8-6-18(7-9-19)17-4-2-16(3-5-17)15-33-13-12-29/h2-11,14,29,31H,12-13,15H2,1H3,(H,28,30). The minimum Gasteiger partial charge on any atom is -0.494 e. The predicted molar refractivity (Wildman–Crippen MR) is 123 cm³/mol. The van der Waals surface area contributed by atoms with E-state index in [2.05, 4.69) is 9.97 Å². The summed E-state index contributed by atoms with van der Waals surface area (Å²) in [4.78, 5) is 21.2. The third-order valence-corrected chi connectivity index (χ3v) is 5.22. The molecule has 33 heavy (non-hydrogen) atoms. The summed E-state index contributed by atoms with van der Waals surface area (Å²) in [5, 5.41) is 18.5. The number of aliphatic hydroxyl groups excluding tert-OH is 1. The van der Waals surface area contributed by atoms with Crippen LogP contribution in [-0.2, 0) is 11.3 Å². The smallest absolute Gasteiger partial charge is 0.279 e. The lowest BCUT2D eigenvalue weighted by Gasteiger charge is -2.15. The summed E-state index contributed by atoms with van der Waals surface area (Å²) >= 11 is 0. The van der Waals surface area contributed by atoms with Crippen LogP contribution < -0.4 is 10.2 Å². The van der Waals surface area contributed by atoms with Crippen molar-refractivity contribution in [1.82, 2.24) is 15.4 Å². The molecule has 4 rings (SSSR count). The largest absolute Gasteiger partial charge is 0.494 e. The van der Waals surface area contributed by atoms with Gasteiger partial charge in [0.1, 0.15) is 5.69 Å². The summed E-state index contributed by atoms with van der Waals surface area (Å²) in [5.74, 6) is -0.449. The maximum Gasteiger partial charge on any atom is 0.279 e. The van der Waals surface area contributed by atoms with Crippen LogP contribution >= 0.6 is 0 Å². The summed E-state index contributed by atoms with van der Waals surface area (Å²) in [6.07, 6.45) is 3.11. The number of carbonyl (C=O) groups is 1. The second kappa shape index (κ2) is 10.2. The number of rotatable bonds is 8. The average molecular weight is 445 g/mol. The van der Waals surface area contributed by atoms with E-state index in [-0.39, 0.29) is 17.9 Å². The number of carbonyl (C=O) groups excluding carboxylic acids is 1. The maximum atomic E-state index is 12.4. The summed E-state index contributed by atoms with van der Waals surface area (Å²) in [7, 11) is 1.46. The minimum atomic E-state index is -0.701. The van der Waals surface area contributed by atoms with E-state index in [1.54, 1.807) is 17.7 Å². The highest BCUT2D eigenvalue weighted by Gasteiger charge is 2.22. The molecule has 0 radical (unpaired) electrons. The third-order valence-electron chi connectivity index (χ3n) is 5.22. The normalized spacial score (nSPS) is 10.9. The minimum absolute atomic E-state index is 0.00430. The van der Waals surface area contributed by atoms with Gasteiger partial charge in [0.2, 0.25) is 0 Å². The molecule has 3 N–H and O–H groups in total. The van der Waals surface area contributed by atoms with Gasteiger partial charge in [-0.05, 0) is 22.8 Å². The molecular formula is C25H23N3O5. The van der Waals surface area contributed by atoms with Crippen LogP contribution in [0.2, 0.25) is 0 Å². The van der Waals surface area contributed by atoms with Crippen molar-refractivity contribution in [3.8, 4) is 28.1 Å². The van der Waals surface area contributed by atoms with Crippen molar-refractivity contribution in [2.75, 3.05) is 20.3 Å². The molecule has 0 aliphatic carbocycles. The molecule has 2 heterocycles. The monoisotopic (exact) mass is 445 g/mol. The second-order valence-electron chi connectivity index (χ2n) is 7.25. The number of aromatic nitrogens is 2. The quantitative estimate of drug-likeness (QED) is 0.216. The summed E-state index contributed by atoms with van der Waals surface area (Å²) in [5.41, 5.74) is 6.72. The zero-order chi connectivity index (χ0) is 23.2. The first-order valence-electron chi connectivity index (χ1n) is 10.3. The van der Waals surface area contributed by atoms with E-state index < -0.39 is 5.91 Å². The Morgan fingerprint density at radius 2 is 1.67 bits per heavy atom. The van der Waals surface area contributed by atoms with E-state index in [4.69, 9.17) is 14.6 Å². The summed E-state index contributed by atoms with van der Waals surface area (Å²) in [6, 6.07) is 17.5. The fourth-order valence-corrected chi connectivity index (χ4v) is 3.63. The Hall–Kier alpha value is -3.85. The van der Waals surface area contributed by atoms with Crippen LogP contribution in [0.1, 0.15) is 15.9 Å². The first-order chi connectivity index (χ1) is 16.2. The van der Waals surface area contributed by atoms with E-state index in [0.29, 0.717) is 29.8 Å². The van der Waals surface area contributed by atoms with Crippen LogP contribution in [0.3, 0.4) is 0 Å². The SMILES string of the molecule is COc1c(-c2ccc(-c3ccc(COCCO)cc3)cc2)nc2ccncc2c1C(=O)NO. The van der Waals surface area contributed by atoms with Gasteiger partial charge >= 0.3 is 0 Å². The Kier molecular flexibility index (Phi) is 6.89. The van der Waals surface area contributed by atoms with Gasteiger partial charge in [0, 0.05) is 23.3 Å². The molecular weight excluding hydrogens is 422 g/mol. The molecule has 0 atom stereocenters. The number of hydroxylamine groups is 1. The van der Waals surface area contributed by atoms with Crippen molar-refractivity contribution < 1.29 is 24.6 Å². The van der Waals surface area contributed by atoms with Crippen molar-refractivity contribution in [3.63, 3.8) is 0 Å². The Morgan fingerprint density at radius 3 is 2.30 bits per heavy atom. The van der Waals surface area contributed by atoms with E-state index in [1.165, 1.54) is 13.3 Å². The van der Waals surface area contributed by atoms with Crippen LogP contribution in [-0.4, -0.2) is 46.5 Å². The van der Waals surface area contributed by atoms with Gasteiger partial charge in [-0.25, -0.2) is 10.5 Å². The lowest BCUT2D eigenvalue weighted by Crippen LogP contribution is -2.20. The number of aliphatic hydroxyl groups is 1. The molecule has 0 aliphatic rings. The first kappa shape index (κ1) is 22.3. The molecule has 0 bridgehead atoms. The second-order valence-corrected chi connectivity index (χ2v) is 7.25. The van der Waals surface area contributed by atoms with Crippen LogP contribution in [0.15, 0.2) is 67.0 Å². The fraction of sp³-hybridized carbons (Fsp3) is 0.160. The molecule has 0 saturated carbocycles. The summed E-state index contributed by atoms with van der Waals surface area (Å²) in [6.45, 7) is 0.768. The topological polar surface area (TPSA) is 114 Å². The number of nitrogens with zero attached hydrogens (tertiary/aromatic N) is 2. The van der Waals surface area contributed by atoms with Gasteiger partial charge in [0.15, 0.2) is 5.75 Å². The average Bonchev–Trinajstić information content (AvgIpc) is 2.87. The Balaban J connectivity index is 1.69. The molecule has 1 amide bonds. The van der Waals surface area contributed by atoms with Crippen molar-refractivity contribution in [1.29, 1.82) is 0 Å². The van der Waals surface area contributed by atoms with Gasteiger partial charge in [-0.1, -0.05) is 48.5 Å². The maximum absolute atomic E-state index is 12.4. The highest BCUT2D eigenvalue weighted by Crippen LogP contribution is 2.36. The highest BCUT2D eigenvalue weighted by molar-refractivity contribution is 6.09. The molecule has 168 valence electrons. The zero-order valence-electron chi connectivity index (χ0n) is 18.0. The van der Waals surface area contributed by atoms with Gasteiger partial charge in [-0.3, -0.25) is 15.0 Å².